The standard InChI is InChI=1S/C25H27N5O2/c31-23-20-9-4-7-19-8-5-10-21(22(19)20)24(32)30(23)14-3-1-2-13-28-15-17-29(18-16-28)25-26-11-6-12-27-25/h4-12H,1-3,13-18H2. The number of nitrogens with zero attached hydrogens (tertiary/aromatic N) is 5. The van der Waals surface area contributed by atoms with Gasteiger partial charge in [0.15, 0.2) is 0 Å². The number of hydrogen-bond donors (Lipinski definition) is 0. The number of hydrogen-bond acceptors (Lipinski definition) is 6. The van der Waals surface area contributed by atoms with E-state index in [2.05, 4.69) is 19.8 Å². The number of aromatic nitrogens is 2. The highest BCUT2D eigenvalue weighted by molar-refractivity contribution is 6.25. The van der Waals surface area contributed by atoms with Crippen molar-refractivity contribution in [2.75, 3.05) is 44.2 Å². The van der Waals surface area contributed by atoms with Crippen LogP contribution in [0.4, 0.5) is 5.95 Å². The summed E-state index contributed by atoms with van der Waals surface area (Å²) in [5.41, 5.74) is 1.27. The van der Waals surface area contributed by atoms with E-state index in [9.17, 15) is 9.59 Å². The lowest BCUT2D eigenvalue weighted by atomic mass is 9.94. The lowest BCUT2D eigenvalue weighted by Gasteiger charge is -2.34. The Labute approximate surface area is 187 Å². The van der Waals surface area contributed by atoms with Crippen molar-refractivity contribution in [1.82, 2.24) is 19.8 Å². The number of carbonyl (C=O) groups is 2. The second-order valence-corrected chi connectivity index (χ2v) is 8.41. The average Bonchev–Trinajstić information content (AvgIpc) is 2.85. The smallest absolute Gasteiger partial charge is 0.261 e. The summed E-state index contributed by atoms with van der Waals surface area (Å²) >= 11 is 0. The number of anilines is 1. The van der Waals surface area contributed by atoms with Crippen molar-refractivity contribution >= 4 is 28.5 Å². The van der Waals surface area contributed by atoms with Gasteiger partial charge in [-0.15, -0.1) is 0 Å². The summed E-state index contributed by atoms with van der Waals surface area (Å²) in [5.74, 6) is 0.470. The van der Waals surface area contributed by atoms with E-state index in [-0.39, 0.29) is 11.8 Å². The molecule has 0 saturated carbocycles. The van der Waals surface area contributed by atoms with Crippen LogP contribution in [0.15, 0.2) is 54.9 Å². The normalized spacial score (nSPS) is 16.8. The Balaban J connectivity index is 1.09. The van der Waals surface area contributed by atoms with E-state index in [0.29, 0.717) is 17.7 Å². The molecule has 0 unspecified atom stereocenters. The van der Waals surface area contributed by atoms with Gasteiger partial charge in [-0.3, -0.25) is 19.4 Å². The molecule has 2 amide bonds. The van der Waals surface area contributed by atoms with Crippen LogP contribution in [0.5, 0.6) is 0 Å². The Morgan fingerprint density at radius 2 is 1.34 bits per heavy atom. The third-order valence-electron chi connectivity index (χ3n) is 6.42. The molecule has 0 radical (unpaired) electrons. The summed E-state index contributed by atoms with van der Waals surface area (Å²) in [6.45, 7) is 5.39. The molecule has 7 heteroatoms. The van der Waals surface area contributed by atoms with E-state index in [0.717, 1.165) is 68.7 Å². The van der Waals surface area contributed by atoms with Crippen molar-refractivity contribution in [3.63, 3.8) is 0 Å². The second-order valence-electron chi connectivity index (χ2n) is 8.41. The van der Waals surface area contributed by atoms with Gasteiger partial charge in [0, 0.05) is 61.6 Å². The average molecular weight is 430 g/mol. The first-order valence-corrected chi connectivity index (χ1v) is 11.3. The zero-order valence-corrected chi connectivity index (χ0v) is 18.1. The van der Waals surface area contributed by atoms with Crippen LogP contribution in [0, 0.1) is 0 Å². The van der Waals surface area contributed by atoms with E-state index in [1.807, 2.05) is 42.5 Å². The molecule has 7 nitrogen and oxygen atoms in total. The van der Waals surface area contributed by atoms with E-state index >= 15 is 0 Å². The summed E-state index contributed by atoms with van der Waals surface area (Å²) in [6.07, 6.45) is 6.44. The number of piperazine rings is 1. The Kier molecular flexibility index (Phi) is 5.81. The Bertz CT molecular complexity index is 1070. The van der Waals surface area contributed by atoms with Crippen molar-refractivity contribution in [3.8, 4) is 0 Å². The number of unbranched alkanes of at least 4 members (excludes halogenated alkanes) is 2. The van der Waals surface area contributed by atoms with Crippen molar-refractivity contribution in [2.45, 2.75) is 19.3 Å². The zero-order chi connectivity index (χ0) is 21.9. The molecule has 2 aromatic carbocycles. The summed E-state index contributed by atoms with van der Waals surface area (Å²) < 4.78 is 0. The van der Waals surface area contributed by atoms with Crippen LogP contribution in [0.2, 0.25) is 0 Å². The lowest BCUT2D eigenvalue weighted by Crippen LogP contribution is -2.47. The molecule has 164 valence electrons. The largest absolute Gasteiger partial charge is 0.338 e. The second kappa shape index (κ2) is 9.04. The highest BCUT2D eigenvalue weighted by Gasteiger charge is 2.32. The molecule has 0 atom stereocenters. The molecular formula is C25H27N5O2. The first-order chi connectivity index (χ1) is 15.7. The van der Waals surface area contributed by atoms with Gasteiger partial charge in [0.25, 0.3) is 11.8 Å². The van der Waals surface area contributed by atoms with Crippen LogP contribution in [0.1, 0.15) is 40.0 Å². The predicted molar refractivity (Wildman–Crippen MR) is 124 cm³/mol. The molecule has 5 rings (SSSR count). The Morgan fingerprint density at radius 3 is 2.00 bits per heavy atom. The van der Waals surface area contributed by atoms with Gasteiger partial charge in [0.05, 0.1) is 0 Å². The monoisotopic (exact) mass is 429 g/mol. The van der Waals surface area contributed by atoms with Gasteiger partial charge in [-0.2, -0.15) is 0 Å². The maximum atomic E-state index is 13.0. The fourth-order valence-corrected chi connectivity index (χ4v) is 4.69. The molecule has 0 aliphatic carbocycles. The Hall–Kier alpha value is -3.32. The number of benzene rings is 2. The number of imide groups is 1. The van der Waals surface area contributed by atoms with E-state index in [1.165, 1.54) is 4.90 Å². The molecule has 1 fully saturated rings. The van der Waals surface area contributed by atoms with Crippen LogP contribution in [0.25, 0.3) is 10.8 Å². The van der Waals surface area contributed by atoms with E-state index in [4.69, 9.17) is 0 Å². The van der Waals surface area contributed by atoms with Gasteiger partial charge in [-0.1, -0.05) is 30.7 Å². The molecule has 32 heavy (non-hydrogen) atoms. The summed E-state index contributed by atoms with van der Waals surface area (Å²) in [6, 6.07) is 13.2. The molecule has 3 aromatic rings. The third kappa shape index (κ3) is 3.96. The minimum atomic E-state index is -0.168. The summed E-state index contributed by atoms with van der Waals surface area (Å²) in [4.78, 5) is 40.7. The van der Waals surface area contributed by atoms with Crippen LogP contribution in [-0.4, -0.2) is 70.9 Å². The van der Waals surface area contributed by atoms with Gasteiger partial charge < -0.3 is 4.90 Å². The molecule has 0 N–H and O–H groups in total. The fourth-order valence-electron chi connectivity index (χ4n) is 4.69. The van der Waals surface area contributed by atoms with E-state index < -0.39 is 0 Å². The topological polar surface area (TPSA) is 69.6 Å². The van der Waals surface area contributed by atoms with Gasteiger partial charge >= 0.3 is 0 Å². The quantitative estimate of drug-likeness (QED) is 0.424. The number of rotatable bonds is 7. The molecule has 0 spiro atoms. The highest BCUT2D eigenvalue weighted by Crippen LogP contribution is 2.30. The van der Waals surface area contributed by atoms with Crippen molar-refractivity contribution < 1.29 is 9.59 Å². The predicted octanol–water partition coefficient (Wildman–Crippen LogP) is 3.22. The Morgan fingerprint density at radius 1 is 0.719 bits per heavy atom. The van der Waals surface area contributed by atoms with Crippen LogP contribution in [-0.2, 0) is 0 Å². The van der Waals surface area contributed by atoms with Crippen LogP contribution >= 0.6 is 0 Å². The fraction of sp³-hybridized carbons (Fsp3) is 0.360. The molecule has 2 aliphatic heterocycles. The molecule has 3 heterocycles. The SMILES string of the molecule is O=C1c2cccc3cccc(c23)C(=O)N1CCCCCN1CCN(c2ncccn2)CC1. The van der Waals surface area contributed by atoms with Crippen LogP contribution < -0.4 is 4.90 Å². The van der Waals surface area contributed by atoms with Gasteiger partial charge in [-0.05, 0) is 43.0 Å². The van der Waals surface area contributed by atoms with Gasteiger partial charge in [0.2, 0.25) is 5.95 Å². The maximum absolute atomic E-state index is 13.0. The summed E-state index contributed by atoms with van der Waals surface area (Å²) in [7, 11) is 0. The highest BCUT2D eigenvalue weighted by atomic mass is 16.2. The third-order valence-corrected chi connectivity index (χ3v) is 6.42. The minimum absolute atomic E-state index is 0.168. The van der Waals surface area contributed by atoms with Crippen molar-refractivity contribution in [1.29, 1.82) is 0 Å². The first kappa shape index (κ1) is 20.6. The maximum Gasteiger partial charge on any atom is 0.261 e. The lowest BCUT2D eigenvalue weighted by molar-refractivity contribution is 0.0607. The minimum Gasteiger partial charge on any atom is -0.338 e. The van der Waals surface area contributed by atoms with Gasteiger partial charge in [-0.25, -0.2) is 9.97 Å². The van der Waals surface area contributed by atoms with E-state index in [1.54, 1.807) is 12.4 Å². The van der Waals surface area contributed by atoms with Crippen molar-refractivity contribution in [3.05, 3.63) is 66.0 Å². The molecule has 2 aliphatic rings. The first-order valence-electron chi connectivity index (χ1n) is 11.3. The molecule has 0 bridgehead atoms. The zero-order valence-electron chi connectivity index (χ0n) is 18.1. The van der Waals surface area contributed by atoms with Crippen LogP contribution in [0.3, 0.4) is 0 Å². The molecular weight excluding hydrogens is 402 g/mol. The number of amides is 2. The van der Waals surface area contributed by atoms with Gasteiger partial charge in [0.1, 0.15) is 0 Å². The number of carbonyl (C=O) groups excluding carboxylic acids is 2. The van der Waals surface area contributed by atoms with Crippen molar-refractivity contribution in [2.24, 2.45) is 0 Å². The molecule has 1 aromatic heterocycles. The summed E-state index contributed by atoms with van der Waals surface area (Å²) in [5, 5.41) is 1.74. The molecule has 1 saturated heterocycles.